The molecule has 7 atom stereocenters. The molecule has 1 amide bonds. The number of nitrogens with one attached hydrogen (secondary N) is 1. The van der Waals surface area contributed by atoms with Crippen molar-refractivity contribution in [1.29, 1.82) is 0 Å². The summed E-state index contributed by atoms with van der Waals surface area (Å²) in [6, 6.07) is -0.835. The molecule has 1 aliphatic heterocycles. The highest BCUT2D eigenvalue weighted by Gasteiger charge is 2.44. The number of ether oxygens (including phenoxy) is 3. The minimum Gasteiger partial charge on any atom is -0.466 e. The van der Waals surface area contributed by atoms with E-state index in [1.165, 1.54) is 231 Å². The highest BCUT2D eigenvalue weighted by molar-refractivity contribution is 5.76. The molecule has 1 aliphatic rings. The van der Waals surface area contributed by atoms with Crippen molar-refractivity contribution in [2.75, 3.05) is 19.8 Å². The van der Waals surface area contributed by atoms with E-state index in [1.807, 2.05) is 6.08 Å². The molecular weight excluding hydrogens is 1120 g/mol. The number of aliphatic hydroxyl groups is 5. The zero-order chi connectivity index (χ0) is 65.1. The average Bonchev–Trinajstić information content (AvgIpc) is 0.989. The van der Waals surface area contributed by atoms with Gasteiger partial charge in [-0.2, -0.15) is 0 Å². The lowest BCUT2D eigenvalue weighted by atomic mass is 9.99. The zero-order valence-electron chi connectivity index (χ0n) is 58.1. The lowest BCUT2D eigenvalue weighted by molar-refractivity contribution is -0.302. The van der Waals surface area contributed by atoms with Gasteiger partial charge in [-0.1, -0.05) is 298 Å². The molecule has 90 heavy (non-hydrogen) atoms. The van der Waals surface area contributed by atoms with Crippen LogP contribution in [0.1, 0.15) is 341 Å². The smallest absolute Gasteiger partial charge is 0.305 e. The Bertz CT molecular complexity index is 1770. The van der Waals surface area contributed by atoms with E-state index in [0.29, 0.717) is 19.4 Å². The summed E-state index contributed by atoms with van der Waals surface area (Å²) in [4.78, 5) is 25.1. The number of aliphatic hydroxyl groups excluding tert-OH is 5. The van der Waals surface area contributed by atoms with E-state index in [-0.39, 0.29) is 18.5 Å². The summed E-state index contributed by atoms with van der Waals surface area (Å²) < 4.78 is 16.7. The summed E-state index contributed by atoms with van der Waals surface area (Å²) in [6.07, 6.45) is 83.1. The third-order valence-corrected chi connectivity index (χ3v) is 17.4. The Balaban J connectivity index is 1.95. The van der Waals surface area contributed by atoms with Gasteiger partial charge in [0.2, 0.25) is 5.91 Å². The maximum atomic E-state index is 13.1. The number of unbranched alkanes of at least 4 members (excludes halogenated alkanes) is 40. The van der Waals surface area contributed by atoms with Gasteiger partial charge in [-0.25, -0.2) is 0 Å². The molecule has 522 valence electrons. The first-order chi connectivity index (χ1) is 44.2. The Morgan fingerprint density at radius 3 is 1.20 bits per heavy atom. The summed E-state index contributed by atoms with van der Waals surface area (Å²) >= 11 is 0. The molecule has 0 spiro atoms. The maximum absolute atomic E-state index is 13.1. The Morgan fingerprint density at radius 2 is 0.767 bits per heavy atom. The van der Waals surface area contributed by atoms with E-state index in [9.17, 15) is 35.1 Å². The number of carbonyl (C=O) groups is 2. The summed E-state index contributed by atoms with van der Waals surface area (Å²) in [5.74, 6) is -0.200. The van der Waals surface area contributed by atoms with Gasteiger partial charge in [0.1, 0.15) is 24.4 Å². The van der Waals surface area contributed by atoms with E-state index in [4.69, 9.17) is 14.2 Å². The summed E-state index contributed by atoms with van der Waals surface area (Å²) in [6.45, 7) is 4.27. The first kappa shape index (κ1) is 84.9. The van der Waals surface area contributed by atoms with Crippen molar-refractivity contribution in [1.82, 2.24) is 5.32 Å². The Hall–Kier alpha value is -3.16. The fourth-order valence-electron chi connectivity index (χ4n) is 11.5. The van der Waals surface area contributed by atoms with Crippen LogP contribution in [0.25, 0.3) is 0 Å². The Kier molecular flexibility index (Phi) is 63.4. The number of amides is 1. The quantitative estimate of drug-likeness (QED) is 0.0195. The molecule has 0 aromatic rings. The van der Waals surface area contributed by atoms with Crippen molar-refractivity contribution < 1.29 is 49.3 Å². The standard InChI is InChI=1S/C79H141NO10/c1-3-5-7-9-11-13-15-17-43-47-51-55-59-63-67-75(84)88-68-64-60-56-52-48-44-40-38-36-34-32-30-28-26-24-22-20-18-19-21-23-25-27-29-31-33-35-37-39-42-46-50-54-58-62-66-74(83)80-71(70-89-79-78(87)77(86)76(85)73(69-81)90-79)72(82)65-61-57-53-49-45-41-16-14-12-10-8-6-4-2/h9,11-12,14-15,17,20,22,26,28,45,49,61,65,71-73,76-79,81-82,85-87H,3-8,10,13,16,18-19,21,23-25,27,29-44,46-48,50-60,62-64,66-70H2,1-2H3,(H,80,83)/b11-9-,14-12+,17-15-,22-20-,28-26-,49-45+,65-61+. The van der Waals surface area contributed by atoms with Gasteiger partial charge in [-0.15, -0.1) is 0 Å². The molecule has 1 rings (SSSR count). The number of hydrogen-bond acceptors (Lipinski definition) is 10. The van der Waals surface area contributed by atoms with Gasteiger partial charge in [0, 0.05) is 12.8 Å². The van der Waals surface area contributed by atoms with Crippen molar-refractivity contribution in [3.8, 4) is 0 Å². The predicted octanol–water partition coefficient (Wildman–Crippen LogP) is 20.0. The molecule has 0 aromatic heterocycles. The van der Waals surface area contributed by atoms with Gasteiger partial charge in [0.15, 0.2) is 6.29 Å². The Labute approximate surface area is 553 Å². The molecule has 1 heterocycles. The predicted molar refractivity (Wildman–Crippen MR) is 379 cm³/mol. The largest absolute Gasteiger partial charge is 0.466 e. The number of esters is 1. The molecule has 11 nitrogen and oxygen atoms in total. The molecule has 6 N–H and O–H groups in total. The minimum absolute atomic E-state index is 0.00541. The molecular formula is C79H141NO10. The first-order valence-corrected chi connectivity index (χ1v) is 37.9. The summed E-state index contributed by atoms with van der Waals surface area (Å²) in [7, 11) is 0. The van der Waals surface area contributed by atoms with Gasteiger partial charge in [-0.05, 0) is 116 Å². The van der Waals surface area contributed by atoms with Gasteiger partial charge >= 0.3 is 5.97 Å². The van der Waals surface area contributed by atoms with Crippen molar-refractivity contribution in [3.63, 3.8) is 0 Å². The molecule has 0 saturated carbocycles. The number of carbonyl (C=O) groups excluding carboxylic acids is 2. The molecule has 0 bridgehead atoms. The van der Waals surface area contributed by atoms with Gasteiger partial charge in [0.05, 0.1) is 32.0 Å². The van der Waals surface area contributed by atoms with Crippen molar-refractivity contribution in [2.24, 2.45) is 0 Å². The third kappa shape index (κ3) is 55.3. The highest BCUT2D eigenvalue weighted by Crippen LogP contribution is 2.23. The SMILES string of the molecule is CCCC/C=C\C/C=C\CCCCCCCC(=O)OCCCCCCCCCCCCC/C=C\C/C=C\CCCCCCCCCCCCCCCCCCCC(=O)NC(COC1OC(CO)C(O)C(O)C1O)C(O)/C=C/CC/C=C/CC/C=C/CCCCC. The second kappa shape index (κ2) is 67.3. The topological polar surface area (TPSA) is 175 Å². The van der Waals surface area contributed by atoms with Crippen molar-refractivity contribution in [3.05, 3.63) is 85.1 Å². The zero-order valence-corrected chi connectivity index (χ0v) is 58.1. The monoisotopic (exact) mass is 1260 g/mol. The number of rotatable bonds is 66. The number of allylic oxidation sites excluding steroid dienone is 13. The van der Waals surface area contributed by atoms with Crippen LogP contribution in [-0.2, 0) is 23.8 Å². The van der Waals surface area contributed by atoms with Crippen LogP contribution in [0.2, 0.25) is 0 Å². The van der Waals surface area contributed by atoms with Crippen molar-refractivity contribution >= 4 is 11.9 Å². The van der Waals surface area contributed by atoms with Crippen LogP contribution in [0.3, 0.4) is 0 Å². The summed E-state index contributed by atoms with van der Waals surface area (Å²) in [5.41, 5.74) is 0. The van der Waals surface area contributed by atoms with Crippen molar-refractivity contribution in [2.45, 2.75) is 384 Å². The van der Waals surface area contributed by atoms with Crippen LogP contribution >= 0.6 is 0 Å². The minimum atomic E-state index is -1.58. The molecule has 0 aromatic carbocycles. The normalized spacial score (nSPS) is 18.1. The molecule has 1 fully saturated rings. The molecule has 7 unspecified atom stereocenters. The van der Waals surface area contributed by atoms with Crippen LogP contribution in [0.15, 0.2) is 85.1 Å². The van der Waals surface area contributed by atoms with Gasteiger partial charge < -0.3 is 45.1 Å². The first-order valence-electron chi connectivity index (χ1n) is 37.9. The van der Waals surface area contributed by atoms with E-state index in [0.717, 1.165) is 83.5 Å². The van der Waals surface area contributed by atoms with E-state index < -0.39 is 49.5 Å². The van der Waals surface area contributed by atoms with Gasteiger partial charge in [0.25, 0.3) is 0 Å². The number of hydrogen-bond donors (Lipinski definition) is 6. The second-order valence-corrected chi connectivity index (χ2v) is 26.0. The van der Waals surface area contributed by atoms with E-state index in [2.05, 4.69) is 92.1 Å². The summed E-state index contributed by atoms with van der Waals surface area (Å²) in [5, 5.41) is 54.5. The van der Waals surface area contributed by atoms with Gasteiger partial charge in [-0.3, -0.25) is 9.59 Å². The van der Waals surface area contributed by atoms with Crippen LogP contribution in [0.5, 0.6) is 0 Å². The fourth-order valence-corrected chi connectivity index (χ4v) is 11.5. The van der Waals surface area contributed by atoms with E-state index >= 15 is 0 Å². The average molecular weight is 1260 g/mol. The lowest BCUT2D eigenvalue weighted by Crippen LogP contribution is -2.60. The van der Waals surface area contributed by atoms with E-state index in [1.54, 1.807) is 6.08 Å². The highest BCUT2D eigenvalue weighted by atomic mass is 16.7. The van der Waals surface area contributed by atoms with Crippen LogP contribution in [-0.4, -0.2) is 100 Å². The molecule has 0 radical (unpaired) electrons. The Morgan fingerprint density at radius 1 is 0.411 bits per heavy atom. The van der Waals surface area contributed by atoms with Crippen LogP contribution < -0.4 is 5.32 Å². The maximum Gasteiger partial charge on any atom is 0.305 e. The second-order valence-electron chi connectivity index (χ2n) is 26.0. The fraction of sp³-hybridized carbons (Fsp3) is 0.797. The lowest BCUT2D eigenvalue weighted by Gasteiger charge is -2.40. The molecule has 1 saturated heterocycles. The third-order valence-electron chi connectivity index (χ3n) is 17.4. The van der Waals surface area contributed by atoms with Crippen LogP contribution in [0.4, 0.5) is 0 Å². The van der Waals surface area contributed by atoms with Crippen LogP contribution in [0, 0.1) is 0 Å². The molecule has 11 heteroatoms. The molecule has 0 aliphatic carbocycles.